The highest BCUT2D eigenvalue weighted by Crippen LogP contribution is 2.23. The summed E-state index contributed by atoms with van der Waals surface area (Å²) in [7, 11) is 1.55. The summed E-state index contributed by atoms with van der Waals surface area (Å²) in [4.78, 5) is 38.2. The standard InChI is InChI=1S/C29H27ClN4O5/c1-18-8-10-20(11-9-18)16-34-27(30)26(19(2)33-34)29(37)39-17-25(35)32-24-7-5-4-6-23(24)28(36)31-21-12-14-22(38-3)15-13-21/h4-15H,16-17H2,1-3H3,(H,31,36)(H,32,35). The maximum Gasteiger partial charge on any atom is 0.343 e. The minimum absolute atomic E-state index is 0.0934. The Morgan fingerprint density at radius 3 is 2.31 bits per heavy atom. The number of anilines is 2. The molecule has 4 aromatic rings. The van der Waals surface area contributed by atoms with Crippen LogP contribution in [0.15, 0.2) is 72.8 Å². The Morgan fingerprint density at radius 1 is 0.923 bits per heavy atom. The minimum Gasteiger partial charge on any atom is -0.497 e. The molecule has 3 aromatic carbocycles. The molecule has 0 unspecified atom stereocenters. The van der Waals surface area contributed by atoms with Crippen LogP contribution in [-0.2, 0) is 16.1 Å². The summed E-state index contributed by atoms with van der Waals surface area (Å²) in [5.41, 5.74) is 3.65. The van der Waals surface area contributed by atoms with Crippen molar-refractivity contribution in [3.05, 3.63) is 106 Å². The van der Waals surface area contributed by atoms with E-state index < -0.39 is 24.4 Å². The molecule has 0 saturated carbocycles. The number of nitrogens with one attached hydrogen (secondary N) is 2. The lowest BCUT2D eigenvalue weighted by Gasteiger charge is -2.12. The predicted octanol–water partition coefficient (Wildman–Crippen LogP) is 5.26. The highest BCUT2D eigenvalue weighted by molar-refractivity contribution is 6.32. The van der Waals surface area contributed by atoms with Crippen molar-refractivity contribution in [2.24, 2.45) is 0 Å². The van der Waals surface area contributed by atoms with Gasteiger partial charge in [-0.1, -0.05) is 53.6 Å². The van der Waals surface area contributed by atoms with Crippen molar-refractivity contribution in [1.29, 1.82) is 0 Å². The molecule has 1 heterocycles. The first kappa shape index (κ1) is 27.4. The largest absolute Gasteiger partial charge is 0.497 e. The van der Waals surface area contributed by atoms with Crippen molar-refractivity contribution < 1.29 is 23.9 Å². The Morgan fingerprint density at radius 2 is 1.62 bits per heavy atom. The lowest BCUT2D eigenvalue weighted by atomic mass is 10.1. The van der Waals surface area contributed by atoms with Gasteiger partial charge in [0.15, 0.2) is 6.61 Å². The lowest BCUT2D eigenvalue weighted by Crippen LogP contribution is -2.23. The van der Waals surface area contributed by atoms with Crippen LogP contribution >= 0.6 is 11.6 Å². The molecule has 0 aliphatic rings. The Kier molecular flexibility index (Phi) is 8.63. The number of aryl methyl sites for hydroxylation is 2. The molecular formula is C29H27ClN4O5. The van der Waals surface area contributed by atoms with Crippen molar-refractivity contribution in [2.75, 3.05) is 24.4 Å². The molecule has 2 N–H and O–H groups in total. The fourth-order valence-electron chi connectivity index (χ4n) is 3.81. The van der Waals surface area contributed by atoms with Crippen molar-refractivity contribution >= 4 is 40.8 Å². The number of rotatable bonds is 9. The second-order valence-corrected chi connectivity index (χ2v) is 9.10. The van der Waals surface area contributed by atoms with Crippen LogP contribution in [0.3, 0.4) is 0 Å². The van der Waals surface area contributed by atoms with E-state index in [1.807, 2.05) is 31.2 Å². The van der Waals surface area contributed by atoms with Crippen molar-refractivity contribution in [2.45, 2.75) is 20.4 Å². The molecule has 2 amide bonds. The van der Waals surface area contributed by atoms with Crippen LogP contribution in [0.2, 0.25) is 5.15 Å². The summed E-state index contributed by atoms with van der Waals surface area (Å²) in [5, 5.41) is 9.87. The quantitative estimate of drug-likeness (QED) is 0.277. The van der Waals surface area contributed by atoms with E-state index in [0.29, 0.717) is 23.7 Å². The second kappa shape index (κ2) is 12.3. The summed E-state index contributed by atoms with van der Waals surface area (Å²) in [6, 6.07) is 21.2. The number of aromatic nitrogens is 2. The molecular weight excluding hydrogens is 520 g/mol. The van der Waals surface area contributed by atoms with E-state index in [9.17, 15) is 14.4 Å². The maximum atomic E-state index is 12.8. The van der Waals surface area contributed by atoms with E-state index in [4.69, 9.17) is 21.1 Å². The first-order valence-electron chi connectivity index (χ1n) is 12.0. The number of benzene rings is 3. The topological polar surface area (TPSA) is 112 Å². The molecule has 0 bridgehead atoms. The van der Waals surface area contributed by atoms with E-state index in [0.717, 1.165) is 11.1 Å². The third-order valence-electron chi connectivity index (χ3n) is 5.85. The van der Waals surface area contributed by atoms with Crippen molar-refractivity contribution in [1.82, 2.24) is 9.78 Å². The van der Waals surface area contributed by atoms with Gasteiger partial charge in [0.05, 0.1) is 30.6 Å². The number of amides is 2. The molecule has 0 spiro atoms. The number of halogens is 1. The zero-order valence-electron chi connectivity index (χ0n) is 21.7. The molecule has 1 aromatic heterocycles. The van der Waals surface area contributed by atoms with E-state index >= 15 is 0 Å². The molecule has 0 aliphatic carbocycles. The first-order chi connectivity index (χ1) is 18.7. The monoisotopic (exact) mass is 546 g/mol. The Labute approximate surface area is 230 Å². The third-order valence-corrected chi connectivity index (χ3v) is 6.23. The summed E-state index contributed by atoms with van der Waals surface area (Å²) in [5.74, 6) is -1.15. The van der Waals surface area contributed by atoms with Gasteiger partial charge in [0.2, 0.25) is 0 Å². The van der Waals surface area contributed by atoms with E-state index in [-0.39, 0.29) is 22.0 Å². The number of hydrogen-bond donors (Lipinski definition) is 2. The second-order valence-electron chi connectivity index (χ2n) is 8.75. The Hall–Kier alpha value is -4.63. The molecule has 0 aliphatic heterocycles. The van der Waals surface area contributed by atoms with E-state index in [1.165, 1.54) is 4.68 Å². The van der Waals surface area contributed by atoms with Gasteiger partial charge in [-0.05, 0) is 55.8 Å². The molecule has 10 heteroatoms. The van der Waals surface area contributed by atoms with Crippen molar-refractivity contribution in [3.8, 4) is 5.75 Å². The molecule has 9 nitrogen and oxygen atoms in total. The van der Waals surface area contributed by atoms with Gasteiger partial charge in [0.1, 0.15) is 16.5 Å². The van der Waals surface area contributed by atoms with Crippen molar-refractivity contribution in [3.63, 3.8) is 0 Å². The zero-order valence-corrected chi connectivity index (χ0v) is 22.4. The van der Waals surface area contributed by atoms with Crippen LogP contribution < -0.4 is 15.4 Å². The third kappa shape index (κ3) is 6.82. The maximum absolute atomic E-state index is 12.8. The molecule has 4 rings (SSSR count). The Balaban J connectivity index is 1.37. The van der Waals surface area contributed by atoms with Gasteiger partial charge in [0, 0.05) is 5.69 Å². The fourth-order valence-corrected chi connectivity index (χ4v) is 4.12. The van der Waals surface area contributed by atoms with Crippen LogP contribution in [-0.4, -0.2) is 41.3 Å². The number of nitrogens with zero attached hydrogens (tertiary/aromatic N) is 2. The molecule has 0 radical (unpaired) electrons. The minimum atomic E-state index is -0.770. The van der Waals surface area contributed by atoms with Gasteiger partial charge in [0.25, 0.3) is 11.8 Å². The van der Waals surface area contributed by atoms with Gasteiger partial charge < -0.3 is 20.1 Å². The lowest BCUT2D eigenvalue weighted by molar-refractivity contribution is -0.119. The summed E-state index contributed by atoms with van der Waals surface area (Å²) in [6.45, 7) is 3.44. The smallest absolute Gasteiger partial charge is 0.343 e. The van der Waals surface area contributed by atoms with E-state index in [1.54, 1.807) is 62.6 Å². The van der Waals surface area contributed by atoms with Gasteiger partial charge in [-0.3, -0.25) is 9.59 Å². The van der Waals surface area contributed by atoms with E-state index in [2.05, 4.69) is 15.7 Å². The molecule has 39 heavy (non-hydrogen) atoms. The van der Waals surface area contributed by atoms with Gasteiger partial charge >= 0.3 is 5.97 Å². The molecule has 200 valence electrons. The van der Waals surface area contributed by atoms with Gasteiger partial charge in [-0.15, -0.1) is 0 Å². The average Bonchev–Trinajstić information content (AvgIpc) is 3.21. The SMILES string of the molecule is COc1ccc(NC(=O)c2ccccc2NC(=O)COC(=O)c2c(C)nn(Cc3ccc(C)cc3)c2Cl)cc1. The Bertz CT molecular complexity index is 1500. The number of para-hydroxylation sites is 1. The van der Waals surface area contributed by atoms with Crippen LogP contribution in [0, 0.1) is 13.8 Å². The van der Waals surface area contributed by atoms with Crippen LogP contribution in [0.4, 0.5) is 11.4 Å². The number of methoxy groups -OCH3 is 1. The fraction of sp³-hybridized carbons (Fsp3) is 0.172. The van der Waals surface area contributed by atoms with Gasteiger partial charge in [-0.25, -0.2) is 9.48 Å². The molecule has 0 saturated heterocycles. The van der Waals surface area contributed by atoms with Crippen LogP contribution in [0.25, 0.3) is 0 Å². The first-order valence-corrected chi connectivity index (χ1v) is 12.4. The number of carbonyl (C=O) groups excluding carboxylic acids is 3. The molecule has 0 atom stereocenters. The predicted molar refractivity (Wildman–Crippen MR) is 149 cm³/mol. The molecule has 0 fully saturated rings. The zero-order chi connectivity index (χ0) is 27.9. The highest BCUT2D eigenvalue weighted by atomic mass is 35.5. The summed E-state index contributed by atoms with van der Waals surface area (Å²) >= 11 is 6.44. The number of esters is 1. The average molecular weight is 547 g/mol. The number of hydrogen-bond acceptors (Lipinski definition) is 6. The summed E-state index contributed by atoms with van der Waals surface area (Å²) in [6.07, 6.45) is 0. The highest BCUT2D eigenvalue weighted by Gasteiger charge is 2.23. The number of ether oxygens (including phenoxy) is 2. The van der Waals surface area contributed by atoms with Crippen LogP contribution in [0.5, 0.6) is 5.75 Å². The summed E-state index contributed by atoms with van der Waals surface area (Å²) < 4.78 is 11.9. The van der Waals surface area contributed by atoms with Crippen LogP contribution in [0.1, 0.15) is 37.5 Å². The van der Waals surface area contributed by atoms with Gasteiger partial charge in [-0.2, -0.15) is 5.10 Å². The number of carbonyl (C=O) groups is 3. The normalized spacial score (nSPS) is 10.6.